The summed E-state index contributed by atoms with van der Waals surface area (Å²) in [6.45, 7) is 2.60. The summed E-state index contributed by atoms with van der Waals surface area (Å²) in [4.78, 5) is 41.2. The topological polar surface area (TPSA) is 81.8 Å². The molecule has 4 amide bonds. The van der Waals surface area contributed by atoms with E-state index in [0.29, 0.717) is 5.56 Å². The van der Waals surface area contributed by atoms with Gasteiger partial charge in [-0.15, -0.1) is 11.3 Å². The molecule has 1 aromatic carbocycles. The standard InChI is InChI=1S/C20H22N4O3S/c1-20(14-7-3-2-4-8-14)18(26)24(19(27)21-20)22-17(25)13-23-11-5-9-15(23)16-10-6-12-28-16/h2-4,6-8,10,12,15H,5,9,11,13H2,1H3,(H,21,27)(H,22,25)/t15-,20+/m0/s1. The molecule has 2 aliphatic rings. The molecule has 4 rings (SSSR count). The minimum Gasteiger partial charge on any atom is -0.318 e. The lowest BCUT2D eigenvalue weighted by Crippen LogP contribution is -2.50. The molecule has 1 aromatic heterocycles. The first-order valence-corrected chi connectivity index (χ1v) is 10.2. The molecule has 2 saturated heterocycles. The largest absolute Gasteiger partial charge is 0.344 e. The average molecular weight is 398 g/mol. The van der Waals surface area contributed by atoms with Gasteiger partial charge in [0.15, 0.2) is 0 Å². The lowest BCUT2D eigenvalue weighted by Gasteiger charge is -2.25. The fraction of sp³-hybridized carbons (Fsp3) is 0.350. The third kappa shape index (κ3) is 3.29. The van der Waals surface area contributed by atoms with Crippen molar-refractivity contribution in [2.45, 2.75) is 31.3 Å². The van der Waals surface area contributed by atoms with Crippen molar-refractivity contribution in [3.8, 4) is 0 Å². The van der Waals surface area contributed by atoms with Crippen molar-refractivity contribution in [2.24, 2.45) is 0 Å². The van der Waals surface area contributed by atoms with E-state index in [4.69, 9.17) is 0 Å². The van der Waals surface area contributed by atoms with Crippen LogP contribution in [0, 0.1) is 0 Å². The lowest BCUT2D eigenvalue weighted by atomic mass is 9.92. The number of rotatable bonds is 5. The van der Waals surface area contributed by atoms with Crippen LogP contribution in [0.15, 0.2) is 47.8 Å². The van der Waals surface area contributed by atoms with Crippen molar-refractivity contribution in [1.29, 1.82) is 0 Å². The van der Waals surface area contributed by atoms with E-state index < -0.39 is 17.5 Å². The van der Waals surface area contributed by atoms with Gasteiger partial charge in [0.1, 0.15) is 5.54 Å². The molecule has 7 nitrogen and oxygen atoms in total. The summed E-state index contributed by atoms with van der Waals surface area (Å²) < 4.78 is 0. The number of thiophene rings is 1. The third-order valence-corrected chi connectivity index (χ3v) is 6.33. The summed E-state index contributed by atoms with van der Waals surface area (Å²) in [5.41, 5.74) is 1.96. The van der Waals surface area contributed by atoms with E-state index in [1.165, 1.54) is 4.88 Å². The summed E-state index contributed by atoms with van der Waals surface area (Å²) in [5.74, 6) is -0.863. The molecule has 2 aromatic rings. The van der Waals surface area contributed by atoms with Gasteiger partial charge in [-0.3, -0.25) is 19.9 Å². The minimum atomic E-state index is -1.20. The van der Waals surface area contributed by atoms with Crippen LogP contribution < -0.4 is 10.7 Å². The quantitative estimate of drug-likeness (QED) is 0.758. The highest BCUT2D eigenvalue weighted by Gasteiger charge is 2.50. The summed E-state index contributed by atoms with van der Waals surface area (Å²) in [7, 11) is 0. The maximum Gasteiger partial charge on any atom is 0.344 e. The van der Waals surface area contributed by atoms with Crippen molar-refractivity contribution in [2.75, 3.05) is 13.1 Å². The number of urea groups is 1. The van der Waals surface area contributed by atoms with Crippen LogP contribution in [0.1, 0.15) is 36.2 Å². The minimum absolute atomic E-state index is 0.141. The Hall–Kier alpha value is -2.71. The Bertz CT molecular complexity index is 886. The number of hydrazine groups is 1. The van der Waals surface area contributed by atoms with Gasteiger partial charge in [-0.1, -0.05) is 36.4 Å². The Labute approximate surface area is 167 Å². The molecule has 3 heterocycles. The van der Waals surface area contributed by atoms with Crippen molar-refractivity contribution in [3.63, 3.8) is 0 Å². The number of carbonyl (C=O) groups is 3. The van der Waals surface area contributed by atoms with Gasteiger partial charge in [-0.2, -0.15) is 5.01 Å². The summed E-state index contributed by atoms with van der Waals surface area (Å²) >= 11 is 1.68. The van der Waals surface area contributed by atoms with E-state index in [0.717, 1.165) is 24.4 Å². The van der Waals surface area contributed by atoms with E-state index in [1.807, 2.05) is 17.5 Å². The van der Waals surface area contributed by atoms with Crippen molar-refractivity contribution < 1.29 is 14.4 Å². The number of nitrogens with zero attached hydrogens (tertiary/aromatic N) is 2. The van der Waals surface area contributed by atoms with Crippen molar-refractivity contribution in [3.05, 3.63) is 58.3 Å². The molecule has 2 fully saturated rings. The monoisotopic (exact) mass is 398 g/mol. The highest BCUT2D eigenvalue weighted by atomic mass is 32.1. The molecular weight excluding hydrogens is 376 g/mol. The molecule has 146 valence electrons. The van der Waals surface area contributed by atoms with Crippen molar-refractivity contribution in [1.82, 2.24) is 20.7 Å². The molecule has 2 aliphatic heterocycles. The number of imide groups is 1. The zero-order chi connectivity index (χ0) is 19.7. The van der Waals surface area contributed by atoms with Gasteiger partial charge in [0.2, 0.25) is 0 Å². The first-order chi connectivity index (χ1) is 13.5. The predicted octanol–water partition coefficient (Wildman–Crippen LogP) is 2.38. The van der Waals surface area contributed by atoms with E-state index in [1.54, 1.807) is 42.5 Å². The van der Waals surface area contributed by atoms with Crippen LogP contribution in [0.2, 0.25) is 0 Å². The molecule has 28 heavy (non-hydrogen) atoms. The Kier molecular flexibility index (Phi) is 4.91. The summed E-state index contributed by atoms with van der Waals surface area (Å²) in [6, 6.07) is 12.7. The van der Waals surface area contributed by atoms with E-state index >= 15 is 0 Å². The molecule has 0 radical (unpaired) electrons. The maximum atomic E-state index is 12.9. The SMILES string of the molecule is C[C@]1(c2ccccc2)NC(=O)N(NC(=O)CN2CCC[C@H]2c2cccs2)C1=O. The van der Waals surface area contributed by atoms with Crippen LogP contribution in [0.3, 0.4) is 0 Å². The molecule has 0 saturated carbocycles. The number of carbonyl (C=O) groups excluding carboxylic acids is 3. The first kappa shape index (κ1) is 18.6. The molecular formula is C20H22N4O3S. The Morgan fingerprint density at radius 1 is 1.25 bits per heavy atom. The van der Waals surface area contributed by atoms with Crippen LogP contribution in [0.4, 0.5) is 4.79 Å². The van der Waals surface area contributed by atoms with Gasteiger partial charge in [-0.05, 0) is 43.3 Å². The zero-order valence-corrected chi connectivity index (χ0v) is 16.4. The number of benzene rings is 1. The van der Waals surface area contributed by atoms with Gasteiger partial charge in [0.05, 0.1) is 6.54 Å². The number of hydrogen-bond acceptors (Lipinski definition) is 5. The van der Waals surface area contributed by atoms with E-state index in [9.17, 15) is 14.4 Å². The van der Waals surface area contributed by atoms with Crippen LogP contribution >= 0.6 is 11.3 Å². The van der Waals surface area contributed by atoms with E-state index in [-0.39, 0.29) is 18.5 Å². The molecule has 8 heteroatoms. The number of hydrogen-bond donors (Lipinski definition) is 2. The smallest absolute Gasteiger partial charge is 0.318 e. The van der Waals surface area contributed by atoms with Crippen molar-refractivity contribution >= 4 is 29.2 Å². The Morgan fingerprint density at radius 3 is 2.75 bits per heavy atom. The van der Waals surface area contributed by atoms with Gasteiger partial charge < -0.3 is 5.32 Å². The molecule has 2 N–H and O–H groups in total. The average Bonchev–Trinajstić information content (AvgIpc) is 3.41. The fourth-order valence-electron chi connectivity index (χ4n) is 3.87. The van der Waals surface area contributed by atoms with Gasteiger partial charge in [0, 0.05) is 10.9 Å². The molecule has 0 bridgehead atoms. The first-order valence-electron chi connectivity index (χ1n) is 9.28. The van der Waals surface area contributed by atoms with Gasteiger partial charge >= 0.3 is 6.03 Å². The second-order valence-electron chi connectivity index (χ2n) is 7.24. The highest BCUT2D eigenvalue weighted by Crippen LogP contribution is 2.34. The number of likely N-dealkylation sites (tertiary alicyclic amines) is 1. The Balaban J connectivity index is 1.43. The molecule has 0 spiro atoms. The van der Waals surface area contributed by atoms with Crippen LogP contribution in [0.25, 0.3) is 0 Å². The maximum absolute atomic E-state index is 12.9. The number of amides is 4. The normalized spacial score (nSPS) is 25.2. The predicted molar refractivity (Wildman–Crippen MR) is 105 cm³/mol. The van der Waals surface area contributed by atoms with Crippen LogP contribution in [-0.4, -0.2) is 40.8 Å². The lowest BCUT2D eigenvalue weighted by molar-refractivity contribution is -0.139. The Morgan fingerprint density at radius 2 is 2.04 bits per heavy atom. The number of nitrogens with one attached hydrogen (secondary N) is 2. The highest BCUT2D eigenvalue weighted by molar-refractivity contribution is 7.10. The van der Waals surface area contributed by atoms with Gasteiger partial charge in [-0.25, -0.2) is 4.79 Å². The van der Waals surface area contributed by atoms with Crippen LogP contribution in [0.5, 0.6) is 0 Å². The summed E-state index contributed by atoms with van der Waals surface area (Å²) in [5, 5.41) is 5.52. The zero-order valence-electron chi connectivity index (χ0n) is 15.6. The van der Waals surface area contributed by atoms with E-state index in [2.05, 4.69) is 21.7 Å². The summed E-state index contributed by atoms with van der Waals surface area (Å²) in [6.07, 6.45) is 2.02. The third-order valence-electron chi connectivity index (χ3n) is 5.36. The molecule has 0 aliphatic carbocycles. The second-order valence-corrected chi connectivity index (χ2v) is 8.22. The molecule has 2 atom stereocenters. The van der Waals surface area contributed by atoms with Crippen LogP contribution in [-0.2, 0) is 15.1 Å². The van der Waals surface area contributed by atoms with Gasteiger partial charge in [0.25, 0.3) is 11.8 Å². The fourth-order valence-corrected chi connectivity index (χ4v) is 4.77. The molecule has 0 unspecified atom stereocenters. The second kappa shape index (κ2) is 7.37.